The van der Waals surface area contributed by atoms with Crippen molar-refractivity contribution in [1.29, 1.82) is 0 Å². The van der Waals surface area contributed by atoms with E-state index < -0.39 is 6.10 Å². The smallest absolute Gasteiger partial charge is 0.306 e. The van der Waals surface area contributed by atoms with Crippen molar-refractivity contribution in [2.75, 3.05) is 13.2 Å². The lowest BCUT2D eigenvalue weighted by atomic mass is 10.1. The highest BCUT2D eigenvalue weighted by atomic mass is 16.6. The van der Waals surface area contributed by atoms with E-state index >= 15 is 0 Å². The van der Waals surface area contributed by atoms with Crippen LogP contribution in [0.3, 0.4) is 0 Å². The quantitative estimate of drug-likeness (QED) is 0.0261. The first-order valence-corrected chi connectivity index (χ1v) is 30.7. The molecule has 0 saturated heterocycles. The van der Waals surface area contributed by atoms with Crippen LogP contribution < -0.4 is 0 Å². The molecule has 0 amide bonds. The monoisotopic (exact) mass is 1010 g/mol. The van der Waals surface area contributed by atoms with Gasteiger partial charge in [0.2, 0.25) is 0 Å². The molecule has 0 fully saturated rings. The van der Waals surface area contributed by atoms with Crippen molar-refractivity contribution in [3.8, 4) is 0 Å². The van der Waals surface area contributed by atoms with Gasteiger partial charge in [0.1, 0.15) is 13.2 Å². The molecule has 418 valence electrons. The fraction of sp³-hybridized carbons (Fsp3) is 0.716. The number of carbonyl (C=O) groups is 3. The molecule has 6 heteroatoms. The Hall–Kier alpha value is -3.67. The van der Waals surface area contributed by atoms with Gasteiger partial charge >= 0.3 is 17.9 Å². The second kappa shape index (κ2) is 60.9. The summed E-state index contributed by atoms with van der Waals surface area (Å²) >= 11 is 0. The van der Waals surface area contributed by atoms with E-state index in [9.17, 15) is 14.4 Å². The number of rotatable bonds is 55. The van der Waals surface area contributed by atoms with Gasteiger partial charge < -0.3 is 14.2 Å². The van der Waals surface area contributed by atoms with Crippen molar-refractivity contribution >= 4 is 17.9 Å². The van der Waals surface area contributed by atoms with Crippen LogP contribution in [0.2, 0.25) is 0 Å². The Bertz CT molecular complexity index is 1440. The summed E-state index contributed by atoms with van der Waals surface area (Å²) in [4.78, 5) is 38.3. The highest BCUT2D eigenvalue weighted by Crippen LogP contribution is 2.15. The van der Waals surface area contributed by atoms with Gasteiger partial charge in [0.15, 0.2) is 6.10 Å². The lowest BCUT2D eigenvalue weighted by molar-refractivity contribution is -0.167. The second-order valence-corrected chi connectivity index (χ2v) is 20.2. The summed E-state index contributed by atoms with van der Waals surface area (Å²) in [6, 6.07) is 0. The number of esters is 3. The molecule has 0 aromatic carbocycles. The van der Waals surface area contributed by atoms with E-state index in [1.807, 2.05) is 0 Å². The lowest BCUT2D eigenvalue weighted by Gasteiger charge is -2.18. The zero-order valence-corrected chi connectivity index (χ0v) is 47.9. The molecule has 73 heavy (non-hydrogen) atoms. The summed E-state index contributed by atoms with van der Waals surface area (Å²) < 4.78 is 16.9. The van der Waals surface area contributed by atoms with Gasteiger partial charge in [-0.15, -0.1) is 0 Å². The van der Waals surface area contributed by atoms with Crippen LogP contribution >= 0.6 is 0 Å². The van der Waals surface area contributed by atoms with Crippen molar-refractivity contribution in [2.45, 2.75) is 297 Å². The van der Waals surface area contributed by atoms with Gasteiger partial charge in [0, 0.05) is 19.3 Å². The molecule has 0 spiro atoms. The van der Waals surface area contributed by atoms with Crippen LogP contribution in [0.4, 0.5) is 0 Å². The van der Waals surface area contributed by atoms with E-state index in [1.165, 1.54) is 128 Å². The average Bonchev–Trinajstić information content (AvgIpc) is 3.39. The Morgan fingerprint density at radius 3 is 0.877 bits per heavy atom. The SMILES string of the molecule is CC/C=C\C/C=C\C/C=C\C/C=C\C/C=C\CCCCCCCCCC(=O)OCC(COC(=O)CCCCCCC/C=C\C/C=C\CCCCC)OC(=O)CCCCCCCCC/C=C\CCCCCCCC. The largest absolute Gasteiger partial charge is 0.462 e. The van der Waals surface area contributed by atoms with Crippen LogP contribution in [-0.2, 0) is 28.6 Å². The molecule has 0 saturated carbocycles. The molecule has 0 bridgehead atoms. The minimum Gasteiger partial charge on any atom is -0.462 e. The maximum atomic E-state index is 12.9. The van der Waals surface area contributed by atoms with Crippen LogP contribution in [0.25, 0.3) is 0 Å². The molecular formula is C67H114O6. The molecule has 0 radical (unpaired) electrons. The van der Waals surface area contributed by atoms with Crippen LogP contribution in [0.5, 0.6) is 0 Å². The maximum absolute atomic E-state index is 12.9. The van der Waals surface area contributed by atoms with Crippen molar-refractivity contribution in [1.82, 2.24) is 0 Å². The fourth-order valence-electron chi connectivity index (χ4n) is 8.44. The Labute approximate surface area is 451 Å². The van der Waals surface area contributed by atoms with Crippen LogP contribution in [0.1, 0.15) is 290 Å². The molecule has 0 rings (SSSR count). The van der Waals surface area contributed by atoms with E-state index in [-0.39, 0.29) is 31.1 Å². The molecule has 0 heterocycles. The summed E-state index contributed by atoms with van der Waals surface area (Å²) in [5, 5.41) is 0. The molecule has 0 aliphatic rings. The van der Waals surface area contributed by atoms with Crippen LogP contribution in [0, 0.1) is 0 Å². The van der Waals surface area contributed by atoms with Crippen molar-refractivity contribution in [2.24, 2.45) is 0 Å². The van der Waals surface area contributed by atoms with Crippen LogP contribution in [0.15, 0.2) is 97.2 Å². The van der Waals surface area contributed by atoms with Crippen molar-refractivity contribution in [3.05, 3.63) is 97.2 Å². The Kier molecular flexibility index (Phi) is 57.8. The van der Waals surface area contributed by atoms with E-state index in [0.717, 1.165) is 122 Å². The first-order chi connectivity index (χ1) is 36.0. The maximum Gasteiger partial charge on any atom is 0.306 e. The predicted octanol–water partition coefficient (Wildman–Crippen LogP) is 20.9. The summed E-state index contributed by atoms with van der Waals surface area (Å²) in [6.45, 7) is 6.49. The number of hydrogen-bond acceptors (Lipinski definition) is 6. The van der Waals surface area contributed by atoms with E-state index in [0.29, 0.717) is 19.3 Å². The molecule has 0 aromatic heterocycles. The van der Waals surface area contributed by atoms with Crippen LogP contribution in [-0.4, -0.2) is 37.2 Å². The van der Waals surface area contributed by atoms with Crippen molar-refractivity contribution < 1.29 is 28.6 Å². The number of ether oxygens (including phenoxy) is 3. The Morgan fingerprint density at radius 1 is 0.288 bits per heavy atom. The molecule has 0 N–H and O–H groups in total. The standard InChI is InChI=1S/C67H114O6/c1-4-7-10-13-16-19-22-25-28-30-31-32-33-34-35-37-39-42-45-48-51-54-57-60-66(69)72-63-64(62-71-65(68)59-56-53-50-47-44-41-38-27-24-21-18-15-12-9-6-3)73-67(70)61-58-55-52-49-46-43-40-36-29-26-23-20-17-14-11-8-5-2/h7,10,16,18-19,21,25-29,31-32,34-35,38,64H,4-6,8-9,11-15,17,20,22-24,30,33,36-37,39-63H2,1-3H3/b10-7-,19-16-,21-18-,28-25-,29-26-,32-31-,35-34-,38-27-. The first kappa shape index (κ1) is 69.3. The number of unbranched alkanes of at least 4 members (excludes halogenated alkanes) is 28. The normalized spacial score (nSPS) is 12.8. The third-order valence-electron chi connectivity index (χ3n) is 13.0. The highest BCUT2D eigenvalue weighted by molar-refractivity contribution is 5.71. The summed E-state index contributed by atoms with van der Waals surface area (Å²) in [5.74, 6) is -0.911. The van der Waals surface area contributed by atoms with Gasteiger partial charge in [-0.25, -0.2) is 0 Å². The molecule has 6 nitrogen and oxygen atoms in total. The number of carbonyl (C=O) groups excluding carboxylic acids is 3. The molecule has 0 aromatic rings. The number of hydrogen-bond donors (Lipinski definition) is 0. The highest BCUT2D eigenvalue weighted by Gasteiger charge is 2.19. The Morgan fingerprint density at radius 2 is 0.534 bits per heavy atom. The Balaban J connectivity index is 4.41. The summed E-state index contributed by atoms with van der Waals surface area (Å²) in [6.07, 6.45) is 81.1. The zero-order valence-electron chi connectivity index (χ0n) is 47.9. The molecular weight excluding hydrogens is 901 g/mol. The van der Waals surface area contributed by atoms with Gasteiger partial charge in [-0.2, -0.15) is 0 Å². The summed E-state index contributed by atoms with van der Waals surface area (Å²) in [7, 11) is 0. The van der Waals surface area contributed by atoms with Gasteiger partial charge in [-0.3, -0.25) is 14.4 Å². The third-order valence-corrected chi connectivity index (χ3v) is 13.0. The zero-order chi connectivity index (χ0) is 52.9. The van der Waals surface area contributed by atoms with Gasteiger partial charge in [-0.1, -0.05) is 246 Å². The molecule has 1 unspecified atom stereocenters. The fourth-order valence-corrected chi connectivity index (χ4v) is 8.44. The van der Waals surface area contributed by atoms with E-state index in [1.54, 1.807) is 0 Å². The molecule has 0 aliphatic carbocycles. The van der Waals surface area contributed by atoms with E-state index in [2.05, 4.69) is 118 Å². The van der Waals surface area contributed by atoms with Gasteiger partial charge in [0.05, 0.1) is 0 Å². The lowest BCUT2D eigenvalue weighted by Crippen LogP contribution is -2.30. The summed E-state index contributed by atoms with van der Waals surface area (Å²) in [5.41, 5.74) is 0. The number of allylic oxidation sites excluding steroid dienone is 16. The van der Waals surface area contributed by atoms with Gasteiger partial charge in [-0.05, 0) is 122 Å². The second-order valence-electron chi connectivity index (χ2n) is 20.2. The predicted molar refractivity (Wildman–Crippen MR) is 316 cm³/mol. The first-order valence-electron chi connectivity index (χ1n) is 30.7. The topological polar surface area (TPSA) is 78.9 Å². The third kappa shape index (κ3) is 59.1. The van der Waals surface area contributed by atoms with Gasteiger partial charge in [0.25, 0.3) is 0 Å². The van der Waals surface area contributed by atoms with Crippen molar-refractivity contribution in [3.63, 3.8) is 0 Å². The molecule has 1 atom stereocenters. The minimum atomic E-state index is -0.792. The minimum absolute atomic E-state index is 0.0896. The molecule has 0 aliphatic heterocycles. The van der Waals surface area contributed by atoms with E-state index in [4.69, 9.17) is 14.2 Å². The average molecular weight is 1020 g/mol.